The highest BCUT2D eigenvalue weighted by Gasteiger charge is 2.30. The van der Waals surface area contributed by atoms with Crippen LogP contribution in [-0.4, -0.2) is 4.98 Å². The zero-order valence-corrected chi connectivity index (χ0v) is 9.78. The van der Waals surface area contributed by atoms with Gasteiger partial charge in [-0.3, -0.25) is 4.98 Å². The smallest absolute Gasteiger partial charge is 0.0418 e. The molecule has 1 atom stereocenters. The van der Waals surface area contributed by atoms with E-state index in [-0.39, 0.29) is 6.04 Å². The lowest BCUT2D eigenvalue weighted by molar-refractivity contribution is 0.645. The van der Waals surface area contributed by atoms with Gasteiger partial charge in [-0.1, -0.05) is 6.07 Å². The Morgan fingerprint density at radius 1 is 1.31 bits per heavy atom. The number of thiophene rings is 1. The van der Waals surface area contributed by atoms with Gasteiger partial charge in [-0.05, 0) is 37.0 Å². The molecule has 2 heterocycles. The van der Waals surface area contributed by atoms with Crippen LogP contribution in [0.2, 0.25) is 0 Å². The molecule has 0 saturated heterocycles. The van der Waals surface area contributed by atoms with E-state index in [1.54, 1.807) is 17.5 Å². The number of pyridine rings is 1. The highest BCUT2D eigenvalue weighted by Crippen LogP contribution is 2.42. The van der Waals surface area contributed by atoms with E-state index in [1.165, 1.54) is 28.2 Å². The maximum Gasteiger partial charge on any atom is 0.0418 e. The van der Waals surface area contributed by atoms with Crippen LogP contribution in [0.5, 0.6) is 0 Å². The summed E-state index contributed by atoms with van der Waals surface area (Å²) < 4.78 is 0. The normalized spacial score (nSPS) is 17.3. The number of hydrogen-bond donors (Lipinski definition) is 1. The highest BCUT2D eigenvalue weighted by atomic mass is 32.1. The summed E-state index contributed by atoms with van der Waals surface area (Å²) in [5.74, 6) is 0.723. The molecular formula is C13H14N2S. The summed E-state index contributed by atoms with van der Waals surface area (Å²) in [4.78, 5) is 6.71. The zero-order valence-electron chi connectivity index (χ0n) is 8.97. The van der Waals surface area contributed by atoms with Crippen molar-refractivity contribution in [2.24, 2.45) is 11.7 Å². The van der Waals surface area contributed by atoms with Crippen LogP contribution >= 0.6 is 11.3 Å². The fourth-order valence-corrected chi connectivity index (χ4v) is 2.98. The first-order valence-electron chi connectivity index (χ1n) is 5.60. The Balaban J connectivity index is 1.87. The molecular weight excluding hydrogens is 216 g/mol. The predicted molar refractivity (Wildman–Crippen MR) is 67.2 cm³/mol. The second kappa shape index (κ2) is 4.00. The molecule has 1 aliphatic rings. The summed E-state index contributed by atoms with van der Waals surface area (Å²) in [5.41, 5.74) is 7.37. The first kappa shape index (κ1) is 10.00. The van der Waals surface area contributed by atoms with E-state index in [9.17, 15) is 0 Å². The minimum Gasteiger partial charge on any atom is -0.323 e. The topological polar surface area (TPSA) is 38.9 Å². The average molecular weight is 230 g/mol. The SMILES string of the molecule is NC(c1ccc(-c2cccnc2)s1)C1CC1. The molecule has 0 bridgehead atoms. The Morgan fingerprint density at radius 2 is 2.19 bits per heavy atom. The lowest BCUT2D eigenvalue weighted by Crippen LogP contribution is -2.10. The van der Waals surface area contributed by atoms with Crippen molar-refractivity contribution in [3.8, 4) is 10.4 Å². The molecule has 3 heteroatoms. The monoisotopic (exact) mass is 230 g/mol. The highest BCUT2D eigenvalue weighted by molar-refractivity contribution is 7.15. The third-order valence-electron chi connectivity index (χ3n) is 3.03. The van der Waals surface area contributed by atoms with Crippen molar-refractivity contribution in [2.75, 3.05) is 0 Å². The molecule has 82 valence electrons. The van der Waals surface area contributed by atoms with Crippen molar-refractivity contribution in [1.82, 2.24) is 4.98 Å². The molecule has 0 aliphatic heterocycles. The minimum absolute atomic E-state index is 0.246. The van der Waals surface area contributed by atoms with Crippen molar-refractivity contribution in [3.63, 3.8) is 0 Å². The standard InChI is InChI=1S/C13H14N2S/c14-13(9-3-4-9)12-6-5-11(16-12)10-2-1-7-15-8-10/h1-2,5-9,13H,3-4,14H2. The lowest BCUT2D eigenvalue weighted by atomic mass is 10.1. The van der Waals surface area contributed by atoms with E-state index in [4.69, 9.17) is 5.73 Å². The van der Waals surface area contributed by atoms with Gasteiger partial charge in [-0.15, -0.1) is 11.3 Å². The van der Waals surface area contributed by atoms with Gasteiger partial charge in [0.2, 0.25) is 0 Å². The van der Waals surface area contributed by atoms with Gasteiger partial charge < -0.3 is 5.73 Å². The Hall–Kier alpha value is -1.19. The largest absolute Gasteiger partial charge is 0.323 e. The molecule has 2 aromatic rings. The third kappa shape index (κ3) is 1.88. The predicted octanol–water partition coefficient (Wildman–Crippen LogP) is 3.22. The van der Waals surface area contributed by atoms with Gasteiger partial charge >= 0.3 is 0 Å². The molecule has 0 spiro atoms. The van der Waals surface area contributed by atoms with Crippen LogP contribution in [-0.2, 0) is 0 Å². The van der Waals surface area contributed by atoms with Gasteiger partial charge in [0.15, 0.2) is 0 Å². The van der Waals surface area contributed by atoms with Crippen molar-refractivity contribution in [2.45, 2.75) is 18.9 Å². The van der Waals surface area contributed by atoms with Crippen LogP contribution in [0.3, 0.4) is 0 Å². The summed E-state index contributed by atoms with van der Waals surface area (Å²) in [6, 6.07) is 8.62. The maximum atomic E-state index is 6.19. The summed E-state index contributed by atoms with van der Waals surface area (Å²) in [6.07, 6.45) is 6.29. The summed E-state index contributed by atoms with van der Waals surface area (Å²) in [7, 11) is 0. The molecule has 0 aromatic carbocycles. The number of hydrogen-bond acceptors (Lipinski definition) is 3. The van der Waals surface area contributed by atoms with Gasteiger partial charge in [0.1, 0.15) is 0 Å². The molecule has 3 rings (SSSR count). The van der Waals surface area contributed by atoms with Gasteiger partial charge in [-0.2, -0.15) is 0 Å². The number of nitrogens with zero attached hydrogens (tertiary/aromatic N) is 1. The van der Waals surface area contributed by atoms with E-state index in [0.29, 0.717) is 0 Å². The Morgan fingerprint density at radius 3 is 2.88 bits per heavy atom. The van der Waals surface area contributed by atoms with Crippen molar-refractivity contribution in [3.05, 3.63) is 41.5 Å². The zero-order chi connectivity index (χ0) is 11.0. The number of rotatable bonds is 3. The second-order valence-electron chi connectivity index (χ2n) is 4.31. The minimum atomic E-state index is 0.246. The van der Waals surface area contributed by atoms with E-state index in [2.05, 4.69) is 23.2 Å². The van der Waals surface area contributed by atoms with Crippen LogP contribution in [0, 0.1) is 5.92 Å². The summed E-state index contributed by atoms with van der Waals surface area (Å²) in [6.45, 7) is 0. The molecule has 1 unspecified atom stereocenters. The van der Waals surface area contributed by atoms with E-state index >= 15 is 0 Å². The first-order valence-corrected chi connectivity index (χ1v) is 6.42. The van der Waals surface area contributed by atoms with Crippen LogP contribution in [0.15, 0.2) is 36.7 Å². The van der Waals surface area contributed by atoms with Gasteiger partial charge in [-0.25, -0.2) is 0 Å². The molecule has 0 amide bonds. The van der Waals surface area contributed by atoms with Gasteiger partial charge in [0, 0.05) is 33.8 Å². The van der Waals surface area contributed by atoms with Crippen molar-refractivity contribution < 1.29 is 0 Å². The fourth-order valence-electron chi connectivity index (χ4n) is 1.88. The molecule has 2 nitrogen and oxygen atoms in total. The van der Waals surface area contributed by atoms with E-state index in [0.717, 1.165) is 5.92 Å². The summed E-state index contributed by atoms with van der Waals surface area (Å²) >= 11 is 1.80. The van der Waals surface area contributed by atoms with Crippen molar-refractivity contribution >= 4 is 11.3 Å². The fraction of sp³-hybridized carbons (Fsp3) is 0.308. The summed E-state index contributed by atoms with van der Waals surface area (Å²) in [5, 5.41) is 0. The number of aromatic nitrogens is 1. The maximum absolute atomic E-state index is 6.19. The lowest BCUT2D eigenvalue weighted by Gasteiger charge is -2.05. The molecule has 16 heavy (non-hydrogen) atoms. The van der Waals surface area contributed by atoms with Gasteiger partial charge in [0.25, 0.3) is 0 Å². The molecule has 1 aliphatic carbocycles. The Kier molecular flexibility index (Phi) is 2.50. The Labute approximate surface area is 99.1 Å². The Bertz CT molecular complexity index is 474. The quantitative estimate of drug-likeness (QED) is 0.879. The van der Waals surface area contributed by atoms with Crippen LogP contribution < -0.4 is 5.73 Å². The molecule has 1 fully saturated rings. The molecule has 2 N–H and O–H groups in total. The van der Waals surface area contributed by atoms with Gasteiger partial charge in [0.05, 0.1) is 0 Å². The molecule has 0 radical (unpaired) electrons. The average Bonchev–Trinajstić information content (AvgIpc) is 3.07. The van der Waals surface area contributed by atoms with E-state index < -0.39 is 0 Å². The van der Waals surface area contributed by atoms with Crippen LogP contribution in [0.4, 0.5) is 0 Å². The first-order chi connectivity index (χ1) is 7.84. The molecule has 1 saturated carbocycles. The van der Waals surface area contributed by atoms with Crippen LogP contribution in [0.1, 0.15) is 23.8 Å². The number of nitrogens with two attached hydrogens (primary N) is 1. The van der Waals surface area contributed by atoms with Crippen LogP contribution in [0.25, 0.3) is 10.4 Å². The third-order valence-corrected chi connectivity index (χ3v) is 4.27. The second-order valence-corrected chi connectivity index (χ2v) is 5.42. The van der Waals surface area contributed by atoms with E-state index in [1.807, 2.05) is 12.3 Å². The van der Waals surface area contributed by atoms with Crippen molar-refractivity contribution in [1.29, 1.82) is 0 Å². The molecule has 2 aromatic heterocycles.